The number of rotatable bonds is 7. The topological polar surface area (TPSA) is 94.2 Å². The third-order valence-electron chi connectivity index (χ3n) is 5.75. The van der Waals surface area contributed by atoms with Gasteiger partial charge in [-0.2, -0.15) is 9.67 Å². The van der Waals surface area contributed by atoms with Crippen LogP contribution in [0.25, 0.3) is 27.8 Å². The van der Waals surface area contributed by atoms with E-state index in [0.717, 1.165) is 33.4 Å². The number of nitrogens with one attached hydrogen (secondary N) is 2. The summed E-state index contributed by atoms with van der Waals surface area (Å²) in [5.41, 5.74) is 6.05. The van der Waals surface area contributed by atoms with Crippen molar-refractivity contribution in [3.05, 3.63) is 101 Å². The monoisotopic (exact) mass is 528 g/mol. The molecule has 4 aromatic carbocycles. The van der Waals surface area contributed by atoms with E-state index in [0.29, 0.717) is 15.7 Å². The van der Waals surface area contributed by atoms with Crippen LogP contribution in [0.3, 0.4) is 0 Å². The molecular formula is C28H23ClN5O2S+. The number of aryl methyl sites for hydroxylation is 1. The molecular weight excluding hydrogens is 506 g/mol. The quantitative estimate of drug-likeness (QED) is 0.114. The molecule has 7 nitrogen and oxygen atoms in total. The van der Waals surface area contributed by atoms with Crippen LogP contribution >= 0.6 is 23.4 Å². The number of phenolic OH excluding ortho intramolecular Hbond substituents is 1. The minimum atomic E-state index is -0.299. The number of hydrogen-bond donors (Lipinski definition) is 3. The average Bonchev–Trinajstić information content (AvgIpc) is 3.33. The first-order chi connectivity index (χ1) is 18.0. The first-order valence-corrected chi connectivity index (χ1v) is 12.8. The van der Waals surface area contributed by atoms with Crippen molar-refractivity contribution in [2.24, 2.45) is 5.10 Å². The van der Waals surface area contributed by atoms with Gasteiger partial charge in [0, 0.05) is 10.6 Å². The normalized spacial score (nSPS) is 11.3. The smallest absolute Gasteiger partial charge is 0.342 e. The van der Waals surface area contributed by atoms with Gasteiger partial charge in [-0.25, -0.2) is 5.43 Å². The van der Waals surface area contributed by atoms with Crippen molar-refractivity contribution in [1.29, 1.82) is 0 Å². The number of aromatic amines is 1. The molecule has 0 spiro atoms. The first kappa shape index (κ1) is 24.5. The number of phenols is 1. The summed E-state index contributed by atoms with van der Waals surface area (Å²) in [5.74, 6) is 0.659. The van der Waals surface area contributed by atoms with Gasteiger partial charge in [0.15, 0.2) is 0 Å². The van der Waals surface area contributed by atoms with E-state index in [4.69, 9.17) is 11.6 Å². The van der Waals surface area contributed by atoms with Crippen LogP contribution in [0.1, 0.15) is 11.1 Å². The lowest BCUT2D eigenvalue weighted by Gasteiger charge is -2.05. The number of carbonyl (C=O) groups excluding carboxylic acids is 1. The molecule has 0 atom stereocenters. The molecule has 0 unspecified atom stereocenters. The number of aromatic nitrogens is 3. The average molecular weight is 529 g/mol. The SMILES string of the molecule is Cc1ccc(-[n+]2c(SCC(=O)N/N=C/c3c(O)ccc4ccccc34)n[nH]c2-c2ccc(Cl)cc2)cc1. The standard InChI is InChI=1S/C28H22ClN5O2S/c1-18-6-13-22(14-7-18)34-27(20-8-11-21(29)12-9-20)32-33-28(34)37-17-26(36)31-30-16-24-23-5-3-2-4-19(23)10-15-25(24)35/h2-16H,17H2,1H3,(H2,30,31,35,36)/p+1. The van der Waals surface area contributed by atoms with E-state index >= 15 is 0 Å². The molecule has 1 aromatic heterocycles. The third-order valence-corrected chi connectivity index (χ3v) is 6.94. The van der Waals surface area contributed by atoms with Crippen molar-refractivity contribution in [1.82, 2.24) is 15.6 Å². The lowest BCUT2D eigenvalue weighted by Crippen LogP contribution is -2.34. The number of thioether (sulfide) groups is 1. The zero-order chi connectivity index (χ0) is 25.8. The summed E-state index contributed by atoms with van der Waals surface area (Å²) >= 11 is 7.36. The summed E-state index contributed by atoms with van der Waals surface area (Å²) in [7, 11) is 0. The molecule has 0 aliphatic heterocycles. The van der Waals surface area contributed by atoms with Gasteiger partial charge in [0.05, 0.1) is 22.6 Å². The molecule has 5 rings (SSSR count). The molecule has 9 heteroatoms. The fourth-order valence-electron chi connectivity index (χ4n) is 3.88. The maximum Gasteiger partial charge on any atom is 0.342 e. The van der Waals surface area contributed by atoms with Gasteiger partial charge < -0.3 is 5.11 Å². The molecule has 184 valence electrons. The van der Waals surface area contributed by atoms with Crippen LogP contribution in [0.5, 0.6) is 5.75 Å². The summed E-state index contributed by atoms with van der Waals surface area (Å²) in [6.07, 6.45) is 1.46. The summed E-state index contributed by atoms with van der Waals surface area (Å²) in [5, 5.41) is 25.0. The lowest BCUT2D eigenvalue weighted by molar-refractivity contribution is -0.625. The van der Waals surface area contributed by atoms with Gasteiger partial charge in [0.2, 0.25) is 0 Å². The van der Waals surface area contributed by atoms with E-state index in [9.17, 15) is 9.90 Å². The largest absolute Gasteiger partial charge is 0.507 e. The third kappa shape index (κ3) is 5.50. The van der Waals surface area contributed by atoms with Crippen molar-refractivity contribution < 1.29 is 14.5 Å². The summed E-state index contributed by atoms with van der Waals surface area (Å²) in [6.45, 7) is 2.03. The van der Waals surface area contributed by atoms with Crippen LogP contribution in [0.15, 0.2) is 95.2 Å². The molecule has 0 aliphatic carbocycles. The molecule has 1 amide bonds. The van der Waals surface area contributed by atoms with Crippen LogP contribution in [0, 0.1) is 6.92 Å². The number of hydrazone groups is 1. The fraction of sp³-hybridized carbons (Fsp3) is 0.0714. The summed E-state index contributed by atoms with van der Waals surface area (Å²) in [6, 6.07) is 26.7. The van der Waals surface area contributed by atoms with Crippen molar-refractivity contribution in [2.45, 2.75) is 12.1 Å². The van der Waals surface area contributed by atoms with Crippen LogP contribution in [0.4, 0.5) is 0 Å². The zero-order valence-electron chi connectivity index (χ0n) is 19.9. The fourth-order valence-corrected chi connectivity index (χ4v) is 4.77. The number of carbonyl (C=O) groups is 1. The number of benzene rings is 4. The Kier molecular flexibility index (Phi) is 7.20. The van der Waals surface area contributed by atoms with Gasteiger partial charge in [0.25, 0.3) is 11.7 Å². The summed E-state index contributed by atoms with van der Waals surface area (Å²) in [4.78, 5) is 12.6. The Morgan fingerprint density at radius 2 is 1.84 bits per heavy atom. The number of H-pyrrole nitrogens is 1. The maximum absolute atomic E-state index is 12.6. The van der Waals surface area contributed by atoms with Crippen molar-refractivity contribution in [3.63, 3.8) is 0 Å². The predicted molar refractivity (Wildman–Crippen MR) is 147 cm³/mol. The first-order valence-electron chi connectivity index (χ1n) is 11.5. The van der Waals surface area contributed by atoms with E-state index in [-0.39, 0.29) is 17.4 Å². The number of amides is 1. The molecule has 0 saturated heterocycles. The molecule has 0 radical (unpaired) electrons. The van der Waals surface area contributed by atoms with Gasteiger partial charge in [-0.3, -0.25) is 4.79 Å². The Labute approximate surface area is 222 Å². The Bertz CT molecular complexity index is 1600. The molecule has 3 N–H and O–H groups in total. The van der Waals surface area contributed by atoms with Gasteiger partial charge in [-0.05, 0) is 71.9 Å². The minimum Gasteiger partial charge on any atom is -0.507 e. The highest BCUT2D eigenvalue weighted by molar-refractivity contribution is 7.99. The summed E-state index contributed by atoms with van der Waals surface area (Å²) < 4.78 is 1.97. The van der Waals surface area contributed by atoms with E-state index in [1.54, 1.807) is 6.07 Å². The second kappa shape index (κ2) is 10.9. The Morgan fingerprint density at radius 3 is 2.62 bits per heavy atom. The van der Waals surface area contributed by atoms with Gasteiger partial charge in [-0.15, -0.1) is 5.10 Å². The van der Waals surface area contributed by atoms with Crippen molar-refractivity contribution in [3.8, 4) is 22.8 Å². The second-order valence-corrected chi connectivity index (χ2v) is 9.71. The maximum atomic E-state index is 12.6. The number of hydrogen-bond acceptors (Lipinski definition) is 5. The number of halogens is 1. The molecule has 0 aliphatic rings. The Morgan fingerprint density at radius 1 is 1.08 bits per heavy atom. The Hall–Kier alpha value is -4.14. The van der Waals surface area contributed by atoms with E-state index < -0.39 is 0 Å². The molecule has 37 heavy (non-hydrogen) atoms. The van der Waals surface area contributed by atoms with Crippen LogP contribution < -0.4 is 9.99 Å². The zero-order valence-corrected chi connectivity index (χ0v) is 21.4. The van der Waals surface area contributed by atoms with E-state index in [2.05, 4.69) is 20.7 Å². The molecule has 5 aromatic rings. The van der Waals surface area contributed by atoms with Crippen LogP contribution in [0.2, 0.25) is 5.02 Å². The van der Waals surface area contributed by atoms with E-state index in [1.807, 2.05) is 90.4 Å². The van der Waals surface area contributed by atoms with Gasteiger partial charge >= 0.3 is 5.16 Å². The van der Waals surface area contributed by atoms with Gasteiger partial charge in [-0.1, -0.05) is 59.6 Å². The number of nitrogens with zero attached hydrogens (tertiary/aromatic N) is 3. The molecule has 0 saturated carbocycles. The predicted octanol–water partition coefficient (Wildman–Crippen LogP) is 5.42. The number of fused-ring (bicyclic) bond motifs is 1. The van der Waals surface area contributed by atoms with Crippen LogP contribution in [-0.2, 0) is 4.79 Å². The highest BCUT2D eigenvalue weighted by Crippen LogP contribution is 2.25. The van der Waals surface area contributed by atoms with Gasteiger partial charge in [0.1, 0.15) is 11.4 Å². The molecule has 1 heterocycles. The van der Waals surface area contributed by atoms with Crippen molar-refractivity contribution in [2.75, 3.05) is 5.75 Å². The lowest BCUT2D eigenvalue weighted by atomic mass is 10.0. The highest BCUT2D eigenvalue weighted by atomic mass is 35.5. The van der Waals surface area contributed by atoms with Crippen LogP contribution in [-0.4, -0.2) is 33.2 Å². The minimum absolute atomic E-state index is 0.0929. The Balaban J connectivity index is 1.34. The highest BCUT2D eigenvalue weighted by Gasteiger charge is 2.24. The molecule has 0 fully saturated rings. The van der Waals surface area contributed by atoms with Crippen molar-refractivity contribution >= 4 is 46.3 Å². The second-order valence-electron chi connectivity index (χ2n) is 8.33. The number of aromatic hydroxyl groups is 1. The molecule has 0 bridgehead atoms. The van der Waals surface area contributed by atoms with E-state index in [1.165, 1.54) is 18.0 Å².